The lowest BCUT2D eigenvalue weighted by atomic mass is 10.1. The summed E-state index contributed by atoms with van der Waals surface area (Å²) in [5.74, 6) is 0. The number of fused-ring (bicyclic) bond motifs is 1. The van der Waals surface area contributed by atoms with Gasteiger partial charge in [-0.2, -0.15) is 0 Å². The van der Waals surface area contributed by atoms with Gasteiger partial charge in [-0.05, 0) is 36.9 Å². The Morgan fingerprint density at radius 2 is 2.06 bits per heavy atom. The monoisotopic (exact) mass is 217 g/mol. The van der Waals surface area contributed by atoms with Gasteiger partial charge in [0.1, 0.15) is 0 Å². The van der Waals surface area contributed by atoms with E-state index in [1.165, 1.54) is 0 Å². The molecule has 0 saturated carbocycles. The van der Waals surface area contributed by atoms with Crippen LogP contribution in [0.15, 0.2) is 29.1 Å². The number of rotatable bonds is 2. The summed E-state index contributed by atoms with van der Waals surface area (Å²) >= 11 is 0. The molecule has 1 aromatic heterocycles. The molecule has 0 aliphatic carbocycles. The van der Waals surface area contributed by atoms with Gasteiger partial charge in [0.15, 0.2) is 0 Å². The third kappa shape index (κ3) is 1.63. The van der Waals surface area contributed by atoms with Crippen molar-refractivity contribution in [3.63, 3.8) is 0 Å². The Balaban J connectivity index is 2.90. The van der Waals surface area contributed by atoms with Crippen molar-refractivity contribution in [2.75, 3.05) is 0 Å². The van der Waals surface area contributed by atoms with Gasteiger partial charge in [0, 0.05) is 12.1 Å². The highest BCUT2D eigenvalue weighted by Crippen LogP contribution is 2.15. The molecular weight excluding hydrogens is 202 g/mol. The molecule has 0 amide bonds. The minimum Gasteiger partial charge on any atom is -0.391 e. The molecule has 16 heavy (non-hydrogen) atoms. The average molecular weight is 217 g/mol. The summed E-state index contributed by atoms with van der Waals surface area (Å²) in [6.07, 6.45) is 0. The van der Waals surface area contributed by atoms with Gasteiger partial charge in [-0.1, -0.05) is 12.1 Å². The SMILES string of the molecule is CCn1c(=O)c(CO)cc2ccc(C)cc21. The Labute approximate surface area is 94.0 Å². The van der Waals surface area contributed by atoms with Crippen molar-refractivity contribution in [1.82, 2.24) is 4.57 Å². The predicted octanol–water partition coefficient (Wildman–Crippen LogP) is 1.82. The number of aryl methyl sites for hydroxylation is 2. The quantitative estimate of drug-likeness (QED) is 0.833. The number of hydrogen-bond acceptors (Lipinski definition) is 2. The number of benzene rings is 1. The van der Waals surface area contributed by atoms with Crippen molar-refractivity contribution < 1.29 is 5.11 Å². The summed E-state index contributed by atoms with van der Waals surface area (Å²) < 4.78 is 1.70. The van der Waals surface area contributed by atoms with Crippen LogP contribution in [-0.2, 0) is 13.2 Å². The molecule has 1 heterocycles. The zero-order chi connectivity index (χ0) is 11.7. The number of aliphatic hydroxyl groups is 1. The van der Waals surface area contributed by atoms with Gasteiger partial charge < -0.3 is 9.67 Å². The van der Waals surface area contributed by atoms with Crippen LogP contribution in [0.4, 0.5) is 0 Å². The molecule has 0 fully saturated rings. The highest BCUT2D eigenvalue weighted by atomic mass is 16.3. The second-order valence-corrected chi connectivity index (χ2v) is 3.94. The zero-order valence-corrected chi connectivity index (χ0v) is 9.53. The molecule has 0 radical (unpaired) electrons. The molecule has 84 valence electrons. The maximum atomic E-state index is 12.0. The smallest absolute Gasteiger partial charge is 0.256 e. The van der Waals surface area contributed by atoms with E-state index in [1.807, 2.05) is 32.0 Å². The van der Waals surface area contributed by atoms with Crippen molar-refractivity contribution in [3.8, 4) is 0 Å². The Kier molecular flexibility index (Phi) is 2.79. The molecule has 0 spiro atoms. The first-order valence-electron chi connectivity index (χ1n) is 5.41. The van der Waals surface area contributed by atoms with E-state index < -0.39 is 0 Å². The molecule has 0 aliphatic rings. The third-order valence-electron chi connectivity index (χ3n) is 2.81. The van der Waals surface area contributed by atoms with Crippen molar-refractivity contribution in [2.24, 2.45) is 0 Å². The lowest BCUT2D eigenvalue weighted by molar-refractivity contribution is 0.279. The van der Waals surface area contributed by atoms with Crippen molar-refractivity contribution in [2.45, 2.75) is 27.0 Å². The summed E-state index contributed by atoms with van der Waals surface area (Å²) in [6.45, 7) is 4.35. The largest absolute Gasteiger partial charge is 0.391 e. The first kappa shape index (κ1) is 10.9. The van der Waals surface area contributed by atoms with Crippen LogP contribution < -0.4 is 5.56 Å². The Bertz CT molecular complexity index is 584. The second-order valence-electron chi connectivity index (χ2n) is 3.94. The van der Waals surface area contributed by atoms with E-state index in [0.717, 1.165) is 16.5 Å². The molecule has 2 aromatic rings. The molecule has 2 rings (SSSR count). The van der Waals surface area contributed by atoms with E-state index in [-0.39, 0.29) is 12.2 Å². The topological polar surface area (TPSA) is 42.2 Å². The highest BCUT2D eigenvalue weighted by molar-refractivity contribution is 5.80. The zero-order valence-electron chi connectivity index (χ0n) is 9.53. The molecular formula is C13H15NO2. The summed E-state index contributed by atoms with van der Waals surface area (Å²) in [5.41, 5.74) is 2.43. The molecule has 1 N–H and O–H groups in total. The van der Waals surface area contributed by atoms with E-state index in [1.54, 1.807) is 10.6 Å². The van der Waals surface area contributed by atoms with Crippen LogP contribution in [0.25, 0.3) is 10.9 Å². The first-order valence-corrected chi connectivity index (χ1v) is 5.41. The van der Waals surface area contributed by atoms with Gasteiger partial charge in [-0.15, -0.1) is 0 Å². The molecule has 0 bridgehead atoms. The van der Waals surface area contributed by atoms with E-state index in [4.69, 9.17) is 5.11 Å². The van der Waals surface area contributed by atoms with E-state index >= 15 is 0 Å². The molecule has 3 nitrogen and oxygen atoms in total. The van der Waals surface area contributed by atoms with Gasteiger partial charge in [-0.3, -0.25) is 4.79 Å². The summed E-state index contributed by atoms with van der Waals surface area (Å²) in [5, 5.41) is 10.1. The Hall–Kier alpha value is -1.61. The number of pyridine rings is 1. The van der Waals surface area contributed by atoms with Crippen LogP contribution in [0.2, 0.25) is 0 Å². The van der Waals surface area contributed by atoms with Crippen LogP contribution in [-0.4, -0.2) is 9.67 Å². The first-order chi connectivity index (χ1) is 7.67. The van der Waals surface area contributed by atoms with E-state index in [2.05, 4.69) is 0 Å². The number of hydrogen-bond donors (Lipinski definition) is 1. The van der Waals surface area contributed by atoms with Gasteiger partial charge in [0.25, 0.3) is 5.56 Å². The maximum Gasteiger partial charge on any atom is 0.256 e. The van der Waals surface area contributed by atoms with Gasteiger partial charge in [0.05, 0.1) is 12.1 Å². The third-order valence-corrected chi connectivity index (χ3v) is 2.81. The minimum atomic E-state index is -0.206. The van der Waals surface area contributed by atoms with Crippen LogP contribution in [0.3, 0.4) is 0 Å². The van der Waals surface area contributed by atoms with Gasteiger partial charge >= 0.3 is 0 Å². The fourth-order valence-corrected chi connectivity index (χ4v) is 1.97. The molecule has 0 aliphatic heterocycles. The van der Waals surface area contributed by atoms with Crippen LogP contribution in [0.1, 0.15) is 18.1 Å². The van der Waals surface area contributed by atoms with Crippen LogP contribution >= 0.6 is 0 Å². The summed E-state index contributed by atoms with van der Waals surface area (Å²) in [7, 11) is 0. The van der Waals surface area contributed by atoms with Crippen LogP contribution in [0.5, 0.6) is 0 Å². The number of nitrogens with zero attached hydrogens (tertiary/aromatic N) is 1. The lowest BCUT2D eigenvalue weighted by Crippen LogP contribution is -2.23. The predicted molar refractivity (Wildman–Crippen MR) is 64.5 cm³/mol. The molecule has 0 unspecified atom stereocenters. The molecule has 1 aromatic carbocycles. The maximum absolute atomic E-state index is 12.0. The normalized spacial score (nSPS) is 10.9. The standard InChI is InChI=1S/C13H15NO2/c1-3-14-12-6-9(2)4-5-10(12)7-11(8-15)13(14)16/h4-7,15H,3,8H2,1-2H3. The summed E-state index contributed by atoms with van der Waals surface area (Å²) in [6, 6.07) is 7.76. The Morgan fingerprint density at radius 3 is 2.69 bits per heavy atom. The second kappa shape index (κ2) is 4.10. The van der Waals surface area contributed by atoms with Crippen LogP contribution in [0, 0.1) is 6.92 Å². The summed E-state index contributed by atoms with van der Waals surface area (Å²) in [4.78, 5) is 12.0. The van der Waals surface area contributed by atoms with E-state index in [0.29, 0.717) is 12.1 Å². The molecule has 0 saturated heterocycles. The highest BCUT2D eigenvalue weighted by Gasteiger charge is 2.07. The Morgan fingerprint density at radius 1 is 1.31 bits per heavy atom. The molecule has 0 atom stereocenters. The van der Waals surface area contributed by atoms with E-state index in [9.17, 15) is 4.79 Å². The lowest BCUT2D eigenvalue weighted by Gasteiger charge is -2.10. The number of aliphatic hydroxyl groups excluding tert-OH is 1. The fraction of sp³-hybridized carbons (Fsp3) is 0.308. The van der Waals surface area contributed by atoms with Gasteiger partial charge in [0.2, 0.25) is 0 Å². The number of aromatic nitrogens is 1. The van der Waals surface area contributed by atoms with Crippen molar-refractivity contribution in [1.29, 1.82) is 0 Å². The average Bonchev–Trinajstić information content (AvgIpc) is 2.28. The fourth-order valence-electron chi connectivity index (χ4n) is 1.97. The van der Waals surface area contributed by atoms with Gasteiger partial charge in [-0.25, -0.2) is 0 Å². The molecule has 3 heteroatoms. The van der Waals surface area contributed by atoms with Crippen molar-refractivity contribution in [3.05, 3.63) is 45.7 Å². The van der Waals surface area contributed by atoms with Crippen molar-refractivity contribution >= 4 is 10.9 Å². The minimum absolute atomic E-state index is 0.0944.